The van der Waals surface area contributed by atoms with E-state index in [2.05, 4.69) is 5.32 Å². The van der Waals surface area contributed by atoms with E-state index in [0.717, 1.165) is 12.0 Å². The van der Waals surface area contributed by atoms with E-state index in [4.69, 9.17) is 5.73 Å². The van der Waals surface area contributed by atoms with Crippen LogP contribution in [0, 0.1) is 0 Å². The van der Waals surface area contributed by atoms with E-state index in [1.807, 2.05) is 37.3 Å². The number of carbonyl (C=O) groups is 1. The standard InChI is InChI=1S/C12H18N2O/c1-2-11(13)9-14-12(15)8-10-6-4-3-5-7-10/h3-7,11H,2,8-9,13H2,1H3,(H,14,15). The number of benzene rings is 1. The topological polar surface area (TPSA) is 55.1 Å². The Morgan fingerprint density at radius 2 is 2.07 bits per heavy atom. The Bertz CT molecular complexity index is 298. The molecule has 0 bridgehead atoms. The molecule has 0 aliphatic carbocycles. The van der Waals surface area contributed by atoms with Gasteiger partial charge in [-0.05, 0) is 12.0 Å². The summed E-state index contributed by atoms with van der Waals surface area (Å²) in [6.07, 6.45) is 1.31. The van der Waals surface area contributed by atoms with Gasteiger partial charge in [0.25, 0.3) is 0 Å². The van der Waals surface area contributed by atoms with Gasteiger partial charge in [0.2, 0.25) is 5.91 Å². The Morgan fingerprint density at radius 3 is 2.67 bits per heavy atom. The summed E-state index contributed by atoms with van der Waals surface area (Å²) in [4.78, 5) is 11.5. The number of nitrogens with one attached hydrogen (secondary N) is 1. The third kappa shape index (κ3) is 4.61. The summed E-state index contributed by atoms with van der Waals surface area (Å²) in [7, 11) is 0. The lowest BCUT2D eigenvalue weighted by Gasteiger charge is -2.10. The quantitative estimate of drug-likeness (QED) is 0.757. The summed E-state index contributed by atoms with van der Waals surface area (Å²) < 4.78 is 0. The first kappa shape index (κ1) is 11.7. The molecule has 0 aromatic heterocycles. The van der Waals surface area contributed by atoms with E-state index in [1.165, 1.54) is 0 Å². The molecule has 15 heavy (non-hydrogen) atoms. The van der Waals surface area contributed by atoms with Gasteiger partial charge in [0.1, 0.15) is 0 Å². The smallest absolute Gasteiger partial charge is 0.224 e. The summed E-state index contributed by atoms with van der Waals surface area (Å²) in [5.74, 6) is 0.0325. The van der Waals surface area contributed by atoms with Crippen LogP contribution in [0.25, 0.3) is 0 Å². The second-order valence-electron chi connectivity index (χ2n) is 3.63. The lowest BCUT2D eigenvalue weighted by molar-refractivity contribution is -0.120. The fraction of sp³-hybridized carbons (Fsp3) is 0.417. The third-order valence-corrected chi connectivity index (χ3v) is 2.29. The largest absolute Gasteiger partial charge is 0.354 e. The van der Waals surface area contributed by atoms with Gasteiger partial charge in [-0.25, -0.2) is 0 Å². The lowest BCUT2D eigenvalue weighted by Crippen LogP contribution is -2.37. The second kappa shape index (κ2) is 6.19. The zero-order chi connectivity index (χ0) is 11.1. The molecule has 0 radical (unpaired) electrons. The number of amides is 1. The van der Waals surface area contributed by atoms with Crippen molar-refractivity contribution in [1.29, 1.82) is 0 Å². The van der Waals surface area contributed by atoms with E-state index in [1.54, 1.807) is 0 Å². The van der Waals surface area contributed by atoms with Gasteiger partial charge in [0.15, 0.2) is 0 Å². The monoisotopic (exact) mass is 206 g/mol. The molecule has 0 spiro atoms. The van der Waals surface area contributed by atoms with Crippen LogP contribution in [0.4, 0.5) is 0 Å². The summed E-state index contributed by atoms with van der Waals surface area (Å²) in [6, 6.07) is 9.75. The molecule has 3 N–H and O–H groups in total. The Kier molecular flexibility index (Phi) is 4.84. The maximum Gasteiger partial charge on any atom is 0.224 e. The minimum atomic E-state index is 0.0325. The molecule has 1 aromatic carbocycles. The van der Waals surface area contributed by atoms with Crippen LogP contribution in [0.15, 0.2) is 30.3 Å². The Labute approximate surface area is 90.7 Å². The summed E-state index contributed by atoms with van der Waals surface area (Å²) in [6.45, 7) is 2.57. The average molecular weight is 206 g/mol. The Morgan fingerprint density at radius 1 is 1.40 bits per heavy atom. The highest BCUT2D eigenvalue weighted by molar-refractivity contribution is 5.78. The SMILES string of the molecule is CCC(N)CNC(=O)Cc1ccccc1. The predicted molar refractivity (Wildman–Crippen MR) is 61.4 cm³/mol. The molecule has 3 heteroatoms. The van der Waals surface area contributed by atoms with E-state index in [-0.39, 0.29) is 11.9 Å². The molecule has 82 valence electrons. The van der Waals surface area contributed by atoms with Gasteiger partial charge in [-0.3, -0.25) is 4.79 Å². The maximum absolute atomic E-state index is 11.5. The minimum absolute atomic E-state index is 0.0325. The number of rotatable bonds is 5. The molecule has 0 heterocycles. The van der Waals surface area contributed by atoms with Crippen LogP contribution in [0.5, 0.6) is 0 Å². The molecule has 0 saturated carbocycles. The van der Waals surface area contributed by atoms with Crippen LogP contribution in [0.3, 0.4) is 0 Å². The highest BCUT2D eigenvalue weighted by Gasteiger charge is 2.04. The van der Waals surface area contributed by atoms with Crippen molar-refractivity contribution >= 4 is 5.91 Å². The molecule has 1 rings (SSSR count). The molecule has 1 unspecified atom stereocenters. The van der Waals surface area contributed by atoms with Crippen molar-refractivity contribution in [3.63, 3.8) is 0 Å². The maximum atomic E-state index is 11.5. The molecule has 1 aromatic rings. The first-order valence-corrected chi connectivity index (χ1v) is 5.28. The van der Waals surface area contributed by atoms with Gasteiger partial charge in [-0.15, -0.1) is 0 Å². The van der Waals surface area contributed by atoms with E-state index < -0.39 is 0 Å². The summed E-state index contributed by atoms with van der Waals surface area (Å²) in [5, 5.41) is 2.82. The molecular weight excluding hydrogens is 188 g/mol. The average Bonchev–Trinajstić information content (AvgIpc) is 2.27. The van der Waals surface area contributed by atoms with E-state index in [9.17, 15) is 4.79 Å². The minimum Gasteiger partial charge on any atom is -0.354 e. The first-order chi connectivity index (χ1) is 7.22. The van der Waals surface area contributed by atoms with Gasteiger partial charge in [0, 0.05) is 12.6 Å². The van der Waals surface area contributed by atoms with Gasteiger partial charge in [-0.2, -0.15) is 0 Å². The van der Waals surface area contributed by atoms with E-state index >= 15 is 0 Å². The molecule has 0 saturated heterocycles. The third-order valence-electron chi connectivity index (χ3n) is 2.29. The Balaban J connectivity index is 2.31. The zero-order valence-corrected chi connectivity index (χ0v) is 9.07. The zero-order valence-electron chi connectivity index (χ0n) is 9.07. The lowest BCUT2D eigenvalue weighted by atomic mass is 10.1. The summed E-state index contributed by atoms with van der Waals surface area (Å²) in [5.41, 5.74) is 6.73. The second-order valence-corrected chi connectivity index (χ2v) is 3.63. The van der Waals surface area contributed by atoms with Crippen LogP contribution in [0.1, 0.15) is 18.9 Å². The van der Waals surface area contributed by atoms with Crippen molar-refractivity contribution in [1.82, 2.24) is 5.32 Å². The van der Waals surface area contributed by atoms with Crippen molar-refractivity contribution < 1.29 is 4.79 Å². The highest BCUT2D eigenvalue weighted by Crippen LogP contribution is 1.99. The number of carbonyl (C=O) groups excluding carboxylic acids is 1. The van der Waals surface area contributed by atoms with Gasteiger partial charge < -0.3 is 11.1 Å². The predicted octanol–water partition coefficient (Wildman–Crippen LogP) is 1.08. The van der Waals surface area contributed by atoms with Crippen LogP contribution in [0.2, 0.25) is 0 Å². The fourth-order valence-electron chi connectivity index (χ4n) is 1.23. The first-order valence-electron chi connectivity index (χ1n) is 5.28. The number of hydrogen-bond donors (Lipinski definition) is 2. The van der Waals surface area contributed by atoms with Gasteiger partial charge in [-0.1, -0.05) is 37.3 Å². The molecule has 1 amide bonds. The van der Waals surface area contributed by atoms with Crippen molar-refractivity contribution in [3.05, 3.63) is 35.9 Å². The molecule has 0 aliphatic heterocycles. The number of hydrogen-bond acceptors (Lipinski definition) is 2. The molecular formula is C12H18N2O. The number of nitrogens with two attached hydrogens (primary N) is 1. The van der Waals surface area contributed by atoms with Crippen molar-refractivity contribution in [3.8, 4) is 0 Å². The van der Waals surface area contributed by atoms with Crippen molar-refractivity contribution in [2.24, 2.45) is 5.73 Å². The molecule has 0 aliphatic rings. The normalized spacial score (nSPS) is 12.1. The molecule has 3 nitrogen and oxygen atoms in total. The molecule has 0 fully saturated rings. The Hall–Kier alpha value is -1.35. The fourth-order valence-corrected chi connectivity index (χ4v) is 1.23. The molecule has 1 atom stereocenters. The van der Waals surface area contributed by atoms with Crippen LogP contribution < -0.4 is 11.1 Å². The van der Waals surface area contributed by atoms with Crippen LogP contribution >= 0.6 is 0 Å². The van der Waals surface area contributed by atoms with E-state index in [0.29, 0.717) is 13.0 Å². The van der Waals surface area contributed by atoms with Crippen molar-refractivity contribution in [2.45, 2.75) is 25.8 Å². The van der Waals surface area contributed by atoms with Crippen molar-refractivity contribution in [2.75, 3.05) is 6.54 Å². The van der Waals surface area contributed by atoms with Gasteiger partial charge in [0.05, 0.1) is 6.42 Å². The van der Waals surface area contributed by atoms with Gasteiger partial charge >= 0.3 is 0 Å². The summed E-state index contributed by atoms with van der Waals surface area (Å²) >= 11 is 0. The van der Waals surface area contributed by atoms with Crippen LogP contribution in [-0.2, 0) is 11.2 Å². The highest BCUT2D eigenvalue weighted by atomic mass is 16.1. The van der Waals surface area contributed by atoms with Crippen LogP contribution in [-0.4, -0.2) is 18.5 Å².